The molecular weight excluding hydrogens is 273 g/mol. The zero-order valence-corrected chi connectivity index (χ0v) is 11.2. The molecule has 0 bridgehead atoms. The van der Waals surface area contributed by atoms with Crippen molar-refractivity contribution in [3.63, 3.8) is 0 Å². The van der Waals surface area contributed by atoms with Gasteiger partial charge in [-0.15, -0.1) is 0 Å². The number of carbonyl (C=O) groups is 1. The highest BCUT2D eigenvalue weighted by Gasteiger charge is 2.33. The molecule has 2 atom stereocenters. The number of aliphatic hydroxyl groups is 1. The first-order valence-electron chi connectivity index (χ1n) is 6.12. The van der Waals surface area contributed by atoms with Crippen LogP contribution in [0.4, 0.5) is 23.7 Å². The van der Waals surface area contributed by atoms with E-state index in [2.05, 4.69) is 10.6 Å². The summed E-state index contributed by atoms with van der Waals surface area (Å²) in [7, 11) is 0. The first-order valence-corrected chi connectivity index (χ1v) is 6.12. The van der Waals surface area contributed by atoms with E-state index in [9.17, 15) is 18.0 Å². The Balaban J connectivity index is 2.72. The molecule has 0 saturated heterocycles. The van der Waals surface area contributed by atoms with Crippen molar-refractivity contribution >= 4 is 11.7 Å². The monoisotopic (exact) mass is 290 g/mol. The van der Waals surface area contributed by atoms with Crippen molar-refractivity contribution in [2.75, 3.05) is 5.32 Å². The molecule has 1 aromatic rings. The number of hydrogen-bond acceptors (Lipinski definition) is 2. The molecule has 20 heavy (non-hydrogen) atoms. The smallest absolute Gasteiger partial charge is 0.393 e. The number of rotatable bonds is 4. The van der Waals surface area contributed by atoms with Crippen molar-refractivity contribution in [3.05, 3.63) is 29.8 Å². The summed E-state index contributed by atoms with van der Waals surface area (Å²) in [5, 5.41) is 13.8. The summed E-state index contributed by atoms with van der Waals surface area (Å²) in [6.07, 6.45) is -4.82. The fraction of sp³-hybridized carbons (Fsp3) is 0.462. The molecule has 0 heterocycles. The van der Waals surface area contributed by atoms with Crippen molar-refractivity contribution in [1.29, 1.82) is 0 Å². The number of hydrogen-bond donors (Lipinski definition) is 3. The summed E-state index contributed by atoms with van der Waals surface area (Å²) in [6.45, 7) is 3.22. The van der Waals surface area contributed by atoms with Gasteiger partial charge < -0.3 is 15.7 Å². The number of halogens is 3. The second-order valence-electron chi connectivity index (χ2n) is 4.63. The Morgan fingerprint density at radius 3 is 2.45 bits per heavy atom. The minimum atomic E-state index is -4.53. The van der Waals surface area contributed by atoms with Crippen LogP contribution in [0.3, 0.4) is 0 Å². The van der Waals surface area contributed by atoms with Crippen LogP contribution in [0.5, 0.6) is 0 Å². The van der Waals surface area contributed by atoms with Crippen molar-refractivity contribution in [2.45, 2.75) is 38.6 Å². The summed E-state index contributed by atoms with van der Waals surface area (Å²) < 4.78 is 38.2. The van der Waals surface area contributed by atoms with E-state index >= 15 is 0 Å². The number of carbonyl (C=O) groups excluding carboxylic acids is 1. The summed E-state index contributed by atoms with van der Waals surface area (Å²) in [6, 6.07) is 3.64. The molecule has 4 nitrogen and oxygen atoms in total. The van der Waals surface area contributed by atoms with Gasteiger partial charge in [-0.25, -0.2) is 4.79 Å². The Bertz CT molecular complexity index is 461. The highest BCUT2D eigenvalue weighted by atomic mass is 19.4. The van der Waals surface area contributed by atoms with Gasteiger partial charge >= 0.3 is 12.2 Å². The molecule has 0 aliphatic carbocycles. The minimum absolute atomic E-state index is 0.304. The molecule has 2 amide bonds. The molecule has 0 aliphatic rings. The number of anilines is 1. The lowest BCUT2D eigenvalue weighted by atomic mass is 10.1. The lowest BCUT2D eigenvalue weighted by Gasteiger charge is -2.17. The maximum absolute atomic E-state index is 12.7. The van der Waals surface area contributed by atoms with E-state index in [0.29, 0.717) is 6.42 Å². The van der Waals surface area contributed by atoms with Crippen LogP contribution >= 0.6 is 0 Å². The number of benzene rings is 1. The Hall–Kier alpha value is -1.76. The molecule has 1 rings (SSSR count). The average molecular weight is 290 g/mol. The predicted octanol–water partition coefficient (Wildman–Crippen LogP) is 2.99. The van der Waals surface area contributed by atoms with Gasteiger partial charge in [-0.05, 0) is 32.4 Å². The lowest BCUT2D eigenvalue weighted by Crippen LogP contribution is -2.38. The molecule has 7 heteroatoms. The van der Waals surface area contributed by atoms with E-state index in [1.54, 1.807) is 13.8 Å². The fourth-order valence-corrected chi connectivity index (χ4v) is 1.79. The third-order valence-corrected chi connectivity index (χ3v) is 2.55. The highest BCUT2D eigenvalue weighted by Crippen LogP contribution is 2.34. The molecule has 3 N–H and O–H groups in total. The van der Waals surface area contributed by atoms with E-state index in [1.807, 2.05) is 0 Å². The summed E-state index contributed by atoms with van der Waals surface area (Å²) in [4.78, 5) is 11.6. The van der Waals surface area contributed by atoms with Crippen molar-refractivity contribution in [1.82, 2.24) is 5.32 Å². The van der Waals surface area contributed by atoms with Crippen LogP contribution in [-0.4, -0.2) is 23.3 Å². The molecule has 0 fully saturated rings. The van der Waals surface area contributed by atoms with Crippen LogP contribution in [-0.2, 0) is 6.18 Å². The first kappa shape index (κ1) is 16.3. The SMILES string of the molecule is CC(O)CC(C)NC(=O)Nc1ccccc1C(F)(F)F. The standard InChI is InChI=1S/C13H17F3N2O2/c1-8(7-9(2)19)17-12(20)18-11-6-4-3-5-10(11)13(14,15)16/h3-6,8-9,19H,7H2,1-2H3,(H2,17,18,20). The van der Waals surface area contributed by atoms with Crippen LogP contribution in [0, 0.1) is 0 Å². The summed E-state index contributed by atoms with van der Waals surface area (Å²) in [5.41, 5.74) is -1.21. The van der Waals surface area contributed by atoms with Gasteiger partial charge in [0.05, 0.1) is 17.4 Å². The van der Waals surface area contributed by atoms with Crippen molar-refractivity contribution in [2.24, 2.45) is 0 Å². The average Bonchev–Trinajstić information content (AvgIpc) is 2.26. The molecule has 0 saturated carbocycles. The highest BCUT2D eigenvalue weighted by molar-refractivity contribution is 5.90. The van der Waals surface area contributed by atoms with Crippen LogP contribution in [0.25, 0.3) is 0 Å². The summed E-state index contributed by atoms with van der Waals surface area (Å²) >= 11 is 0. The van der Waals surface area contributed by atoms with Crippen molar-refractivity contribution in [3.8, 4) is 0 Å². The quantitative estimate of drug-likeness (QED) is 0.798. The van der Waals surface area contributed by atoms with E-state index in [1.165, 1.54) is 18.2 Å². The zero-order valence-electron chi connectivity index (χ0n) is 11.2. The van der Waals surface area contributed by atoms with Crippen LogP contribution < -0.4 is 10.6 Å². The van der Waals surface area contributed by atoms with Crippen LogP contribution in [0.2, 0.25) is 0 Å². The number of amides is 2. The van der Waals surface area contributed by atoms with Gasteiger partial charge in [0.15, 0.2) is 0 Å². The van der Waals surface area contributed by atoms with Crippen LogP contribution in [0.1, 0.15) is 25.8 Å². The lowest BCUT2D eigenvalue weighted by molar-refractivity contribution is -0.136. The number of urea groups is 1. The molecule has 112 valence electrons. The van der Waals surface area contributed by atoms with Crippen molar-refractivity contribution < 1.29 is 23.1 Å². The second kappa shape index (κ2) is 6.60. The third-order valence-electron chi connectivity index (χ3n) is 2.55. The van der Waals surface area contributed by atoms with Gasteiger partial charge in [-0.2, -0.15) is 13.2 Å². The Labute approximate surface area is 115 Å². The molecular formula is C13H17F3N2O2. The van der Waals surface area contributed by atoms with Gasteiger partial charge in [0, 0.05) is 6.04 Å². The summed E-state index contributed by atoms with van der Waals surface area (Å²) in [5.74, 6) is 0. The molecule has 0 aromatic heterocycles. The minimum Gasteiger partial charge on any atom is -0.393 e. The molecule has 0 aliphatic heterocycles. The molecule has 0 radical (unpaired) electrons. The number of nitrogens with one attached hydrogen (secondary N) is 2. The second-order valence-corrected chi connectivity index (χ2v) is 4.63. The predicted molar refractivity (Wildman–Crippen MR) is 69.4 cm³/mol. The maximum atomic E-state index is 12.7. The van der Waals surface area contributed by atoms with Gasteiger partial charge in [0.25, 0.3) is 0 Å². The number of para-hydroxylation sites is 1. The Morgan fingerprint density at radius 1 is 1.30 bits per heavy atom. The Kier molecular flexibility index (Phi) is 5.38. The number of aliphatic hydroxyl groups excluding tert-OH is 1. The van der Waals surface area contributed by atoms with Crippen LogP contribution in [0.15, 0.2) is 24.3 Å². The van der Waals surface area contributed by atoms with E-state index in [-0.39, 0.29) is 11.7 Å². The van der Waals surface area contributed by atoms with Gasteiger partial charge in [-0.3, -0.25) is 0 Å². The Morgan fingerprint density at radius 2 is 1.90 bits per heavy atom. The first-order chi connectivity index (χ1) is 9.20. The van der Waals surface area contributed by atoms with E-state index < -0.39 is 23.9 Å². The van der Waals surface area contributed by atoms with E-state index in [4.69, 9.17) is 5.11 Å². The number of alkyl halides is 3. The molecule has 2 unspecified atom stereocenters. The van der Waals surface area contributed by atoms with Gasteiger partial charge in [0.2, 0.25) is 0 Å². The molecule has 0 spiro atoms. The van der Waals surface area contributed by atoms with E-state index in [0.717, 1.165) is 6.07 Å². The van der Waals surface area contributed by atoms with Gasteiger partial charge in [-0.1, -0.05) is 12.1 Å². The topological polar surface area (TPSA) is 61.4 Å². The van der Waals surface area contributed by atoms with Gasteiger partial charge in [0.1, 0.15) is 0 Å². The third kappa shape index (κ3) is 5.08. The largest absolute Gasteiger partial charge is 0.418 e. The normalized spacial score (nSPS) is 14.5. The fourth-order valence-electron chi connectivity index (χ4n) is 1.79. The maximum Gasteiger partial charge on any atom is 0.418 e. The zero-order chi connectivity index (χ0) is 15.3. The molecule has 1 aromatic carbocycles.